The third kappa shape index (κ3) is 4.76. The molecule has 1 N–H and O–H groups in total. The van der Waals surface area contributed by atoms with Crippen LogP contribution in [-0.2, 0) is 15.7 Å². The largest absolute Gasteiger partial charge is 0.416 e. The van der Waals surface area contributed by atoms with Crippen molar-refractivity contribution in [3.8, 4) is 11.4 Å². The molecule has 2 saturated heterocycles. The number of hydrogen-bond acceptors (Lipinski definition) is 6. The Morgan fingerprint density at radius 3 is 2.86 bits per heavy atom. The van der Waals surface area contributed by atoms with Gasteiger partial charge in [-0.15, -0.1) is 0 Å². The minimum absolute atomic E-state index is 0.0342. The third-order valence-electron chi connectivity index (χ3n) is 5.11. The molecule has 2 aromatic rings. The van der Waals surface area contributed by atoms with Crippen molar-refractivity contribution < 1.29 is 27.2 Å². The van der Waals surface area contributed by atoms with Gasteiger partial charge in [-0.3, -0.25) is 9.69 Å². The van der Waals surface area contributed by atoms with Gasteiger partial charge in [0.1, 0.15) is 0 Å². The number of carbonyl (C=O) groups excluding carboxylic acids is 1. The Morgan fingerprint density at radius 1 is 1.31 bits per heavy atom. The summed E-state index contributed by atoms with van der Waals surface area (Å²) in [5, 5.41) is 6.68. The van der Waals surface area contributed by atoms with E-state index in [1.165, 1.54) is 12.1 Å². The van der Waals surface area contributed by atoms with E-state index >= 15 is 0 Å². The SMILES string of the molecule is O=C(CN1CC(c2nc(-c3cccc(C(F)(F)F)c3)no2)C1)NCC1CCCO1. The van der Waals surface area contributed by atoms with E-state index in [1.807, 2.05) is 4.90 Å². The van der Waals surface area contributed by atoms with E-state index in [2.05, 4.69) is 15.5 Å². The lowest BCUT2D eigenvalue weighted by Crippen LogP contribution is -2.50. The van der Waals surface area contributed by atoms with Crippen LogP contribution in [0.25, 0.3) is 11.4 Å². The zero-order chi connectivity index (χ0) is 20.4. The predicted molar refractivity (Wildman–Crippen MR) is 95.9 cm³/mol. The lowest BCUT2D eigenvalue weighted by Gasteiger charge is -2.36. The summed E-state index contributed by atoms with van der Waals surface area (Å²) in [5.41, 5.74) is -0.510. The minimum atomic E-state index is -4.43. The topological polar surface area (TPSA) is 80.5 Å². The van der Waals surface area contributed by atoms with Crippen LogP contribution in [0.2, 0.25) is 0 Å². The number of alkyl halides is 3. The predicted octanol–water partition coefficient (Wildman–Crippen LogP) is 2.45. The van der Waals surface area contributed by atoms with E-state index in [0.717, 1.165) is 31.6 Å². The Balaban J connectivity index is 1.27. The van der Waals surface area contributed by atoms with E-state index in [1.54, 1.807) is 0 Å². The van der Waals surface area contributed by atoms with Gasteiger partial charge in [-0.05, 0) is 25.0 Å². The van der Waals surface area contributed by atoms with Crippen LogP contribution < -0.4 is 5.32 Å². The van der Waals surface area contributed by atoms with Crippen LogP contribution in [0.1, 0.15) is 30.2 Å². The molecule has 1 aromatic heterocycles. The second-order valence-electron chi connectivity index (χ2n) is 7.36. The first-order chi connectivity index (χ1) is 13.9. The lowest BCUT2D eigenvalue weighted by atomic mass is 10.0. The molecular formula is C19H21F3N4O3. The van der Waals surface area contributed by atoms with Gasteiger partial charge in [0.25, 0.3) is 0 Å². The fraction of sp³-hybridized carbons (Fsp3) is 0.526. The molecule has 29 heavy (non-hydrogen) atoms. The van der Waals surface area contributed by atoms with Crippen molar-refractivity contribution in [3.63, 3.8) is 0 Å². The molecule has 1 unspecified atom stereocenters. The Morgan fingerprint density at radius 2 is 2.14 bits per heavy atom. The van der Waals surface area contributed by atoms with Gasteiger partial charge in [0.05, 0.1) is 24.1 Å². The first kappa shape index (κ1) is 19.8. The summed E-state index contributed by atoms with van der Waals surface area (Å²) in [7, 11) is 0. The number of carbonyl (C=O) groups is 1. The fourth-order valence-electron chi connectivity index (χ4n) is 3.50. The van der Waals surface area contributed by atoms with Crippen molar-refractivity contribution in [1.29, 1.82) is 0 Å². The number of nitrogens with zero attached hydrogens (tertiary/aromatic N) is 3. The van der Waals surface area contributed by atoms with Crippen molar-refractivity contribution in [2.24, 2.45) is 0 Å². The summed E-state index contributed by atoms with van der Waals surface area (Å²) in [4.78, 5) is 18.2. The number of amides is 1. The molecule has 1 atom stereocenters. The average Bonchev–Trinajstić information content (AvgIpc) is 3.34. The number of rotatable bonds is 6. The molecule has 2 aliphatic rings. The summed E-state index contributed by atoms with van der Waals surface area (Å²) in [6, 6.07) is 4.82. The van der Waals surface area contributed by atoms with Gasteiger partial charge >= 0.3 is 6.18 Å². The van der Waals surface area contributed by atoms with Gasteiger partial charge in [-0.1, -0.05) is 17.3 Å². The first-order valence-corrected chi connectivity index (χ1v) is 9.50. The van der Waals surface area contributed by atoms with Gasteiger partial charge in [0, 0.05) is 31.8 Å². The van der Waals surface area contributed by atoms with Crippen molar-refractivity contribution in [2.45, 2.75) is 31.0 Å². The zero-order valence-corrected chi connectivity index (χ0v) is 15.6. The molecule has 0 spiro atoms. The summed E-state index contributed by atoms with van der Waals surface area (Å²) in [5.74, 6) is 0.398. The van der Waals surface area contributed by atoms with Crippen LogP contribution in [0, 0.1) is 0 Å². The van der Waals surface area contributed by atoms with Gasteiger partial charge in [-0.25, -0.2) is 0 Å². The Labute approximate surface area is 165 Å². The van der Waals surface area contributed by atoms with Gasteiger partial charge < -0.3 is 14.6 Å². The van der Waals surface area contributed by atoms with Crippen LogP contribution in [-0.4, -0.2) is 59.8 Å². The zero-order valence-electron chi connectivity index (χ0n) is 15.6. The van der Waals surface area contributed by atoms with E-state index < -0.39 is 11.7 Å². The molecule has 0 radical (unpaired) electrons. The maximum absolute atomic E-state index is 12.9. The number of benzene rings is 1. The monoisotopic (exact) mass is 410 g/mol. The van der Waals surface area contributed by atoms with E-state index in [4.69, 9.17) is 9.26 Å². The first-order valence-electron chi connectivity index (χ1n) is 9.50. The van der Waals surface area contributed by atoms with E-state index in [-0.39, 0.29) is 35.9 Å². The Hall–Kier alpha value is -2.46. The number of hydrogen-bond donors (Lipinski definition) is 1. The van der Waals surface area contributed by atoms with Gasteiger partial charge in [0.15, 0.2) is 0 Å². The molecule has 1 aromatic carbocycles. The Bertz CT molecular complexity index is 858. The molecule has 3 heterocycles. The molecule has 2 aliphatic heterocycles. The van der Waals surface area contributed by atoms with E-state index in [0.29, 0.717) is 25.5 Å². The molecule has 4 rings (SSSR count). The van der Waals surface area contributed by atoms with Gasteiger partial charge in [-0.2, -0.15) is 18.2 Å². The molecule has 2 fully saturated rings. The third-order valence-corrected chi connectivity index (χ3v) is 5.11. The molecule has 1 amide bonds. The standard InChI is InChI=1S/C19H21F3N4O3/c20-19(21,22)14-4-1-3-12(7-14)17-24-18(29-25-17)13-9-26(10-13)11-16(27)23-8-15-5-2-6-28-15/h1,3-4,7,13,15H,2,5-6,8-11H2,(H,23,27). The van der Waals surface area contributed by atoms with Crippen LogP contribution in [0.5, 0.6) is 0 Å². The molecule has 0 saturated carbocycles. The Kier molecular flexibility index (Phi) is 5.55. The molecule has 7 nitrogen and oxygen atoms in total. The smallest absolute Gasteiger partial charge is 0.376 e. The maximum Gasteiger partial charge on any atom is 0.416 e. The van der Waals surface area contributed by atoms with Crippen LogP contribution in [0.3, 0.4) is 0 Å². The number of halogens is 3. The number of ether oxygens (including phenoxy) is 1. The number of likely N-dealkylation sites (tertiary alicyclic amines) is 1. The molecule has 10 heteroatoms. The number of aromatic nitrogens is 2. The van der Waals surface area contributed by atoms with E-state index in [9.17, 15) is 18.0 Å². The normalized spacial score (nSPS) is 20.6. The second-order valence-corrected chi connectivity index (χ2v) is 7.36. The average molecular weight is 410 g/mol. The molecule has 0 bridgehead atoms. The van der Waals surface area contributed by atoms with Crippen molar-refractivity contribution in [2.75, 3.05) is 32.8 Å². The molecule has 156 valence electrons. The summed E-state index contributed by atoms with van der Waals surface area (Å²) in [6.07, 6.45) is -2.32. The van der Waals surface area contributed by atoms with Crippen LogP contribution in [0.4, 0.5) is 13.2 Å². The summed E-state index contributed by atoms with van der Waals surface area (Å²) < 4.78 is 49.3. The second kappa shape index (κ2) is 8.11. The lowest BCUT2D eigenvalue weighted by molar-refractivity contribution is -0.137. The fourth-order valence-corrected chi connectivity index (χ4v) is 3.50. The summed E-state index contributed by atoms with van der Waals surface area (Å²) in [6.45, 7) is 2.72. The van der Waals surface area contributed by atoms with Gasteiger partial charge in [0.2, 0.25) is 17.6 Å². The highest BCUT2D eigenvalue weighted by Gasteiger charge is 2.34. The molecule has 0 aliphatic carbocycles. The van der Waals surface area contributed by atoms with Crippen molar-refractivity contribution >= 4 is 5.91 Å². The van der Waals surface area contributed by atoms with Crippen molar-refractivity contribution in [1.82, 2.24) is 20.4 Å². The highest BCUT2D eigenvalue weighted by Crippen LogP contribution is 2.32. The van der Waals surface area contributed by atoms with Crippen LogP contribution >= 0.6 is 0 Å². The number of nitrogens with one attached hydrogen (secondary N) is 1. The minimum Gasteiger partial charge on any atom is -0.376 e. The highest BCUT2D eigenvalue weighted by atomic mass is 19.4. The summed E-state index contributed by atoms with van der Waals surface area (Å²) >= 11 is 0. The quantitative estimate of drug-likeness (QED) is 0.788. The maximum atomic E-state index is 12.9. The van der Waals surface area contributed by atoms with Crippen LogP contribution in [0.15, 0.2) is 28.8 Å². The molecular weight excluding hydrogens is 389 g/mol. The van der Waals surface area contributed by atoms with Crippen molar-refractivity contribution in [3.05, 3.63) is 35.7 Å². The highest BCUT2D eigenvalue weighted by molar-refractivity contribution is 5.78.